The second kappa shape index (κ2) is 5.69. The minimum absolute atomic E-state index is 0.0318. The van der Waals surface area contributed by atoms with Crippen molar-refractivity contribution >= 4 is 11.6 Å². The SMILES string of the molecule is CC/C=C(/C)C(=O)NCc1cn2cccc(C)c2n1. The molecule has 2 rings (SSSR count). The number of aromatic nitrogens is 2. The van der Waals surface area contributed by atoms with Crippen LogP contribution in [-0.2, 0) is 11.3 Å². The van der Waals surface area contributed by atoms with Crippen molar-refractivity contribution in [3.8, 4) is 0 Å². The molecule has 0 unspecified atom stereocenters. The van der Waals surface area contributed by atoms with Gasteiger partial charge in [-0.2, -0.15) is 0 Å². The molecule has 100 valence electrons. The molecule has 0 aromatic carbocycles. The van der Waals surface area contributed by atoms with Gasteiger partial charge in [-0.25, -0.2) is 4.98 Å². The third-order valence-corrected chi connectivity index (χ3v) is 3.03. The van der Waals surface area contributed by atoms with E-state index in [2.05, 4.69) is 10.3 Å². The molecule has 0 saturated heterocycles. The van der Waals surface area contributed by atoms with Crippen LogP contribution in [0.2, 0.25) is 0 Å². The number of amides is 1. The van der Waals surface area contributed by atoms with Gasteiger partial charge in [-0.15, -0.1) is 0 Å². The van der Waals surface area contributed by atoms with Gasteiger partial charge in [0.1, 0.15) is 5.65 Å². The van der Waals surface area contributed by atoms with E-state index in [9.17, 15) is 4.79 Å². The molecule has 0 radical (unpaired) electrons. The van der Waals surface area contributed by atoms with Crippen LogP contribution in [0.4, 0.5) is 0 Å². The number of nitrogens with one attached hydrogen (secondary N) is 1. The summed E-state index contributed by atoms with van der Waals surface area (Å²) < 4.78 is 1.98. The van der Waals surface area contributed by atoms with E-state index in [0.29, 0.717) is 6.54 Å². The van der Waals surface area contributed by atoms with Gasteiger partial charge in [0.2, 0.25) is 5.91 Å². The lowest BCUT2D eigenvalue weighted by Crippen LogP contribution is -2.23. The fourth-order valence-corrected chi connectivity index (χ4v) is 2.00. The van der Waals surface area contributed by atoms with Gasteiger partial charge in [-0.3, -0.25) is 4.79 Å². The highest BCUT2D eigenvalue weighted by Gasteiger charge is 2.06. The Labute approximate surface area is 113 Å². The minimum Gasteiger partial charge on any atom is -0.347 e. The van der Waals surface area contributed by atoms with Crippen molar-refractivity contribution < 1.29 is 4.79 Å². The van der Waals surface area contributed by atoms with Crippen molar-refractivity contribution in [3.05, 3.63) is 47.4 Å². The fraction of sp³-hybridized carbons (Fsp3) is 0.333. The first-order chi connectivity index (χ1) is 9.11. The third kappa shape index (κ3) is 3.02. The second-order valence-corrected chi connectivity index (χ2v) is 4.63. The summed E-state index contributed by atoms with van der Waals surface area (Å²) in [7, 11) is 0. The van der Waals surface area contributed by atoms with Gasteiger partial charge in [0.25, 0.3) is 0 Å². The van der Waals surface area contributed by atoms with E-state index in [1.807, 2.05) is 55.8 Å². The molecule has 0 spiro atoms. The number of imidazole rings is 1. The standard InChI is InChI=1S/C15H19N3O/c1-4-6-12(3)15(19)16-9-13-10-18-8-5-7-11(2)14(18)17-13/h5-8,10H,4,9H2,1-3H3,(H,16,19)/b12-6-. The molecule has 2 aromatic heterocycles. The first-order valence-corrected chi connectivity index (χ1v) is 6.50. The Kier molecular flexibility index (Phi) is 4.00. The molecule has 0 fully saturated rings. The predicted molar refractivity (Wildman–Crippen MR) is 75.8 cm³/mol. The summed E-state index contributed by atoms with van der Waals surface area (Å²) in [6, 6.07) is 4.01. The number of carbonyl (C=O) groups excluding carboxylic acids is 1. The largest absolute Gasteiger partial charge is 0.347 e. The van der Waals surface area contributed by atoms with Crippen molar-refractivity contribution in [3.63, 3.8) is 0 Å². The van der Waals surface area contributed by atoms with E-state index in [-0.39, 0.29) is 5.91 Å². The number of fused-ring (bicyclic) bond motifs is 1. The maximum Gasteiger partial charge on any atom is 0.246 e. The van der Waals surface area contributed by atoms with Crippen molar-refractivity contribution in [2.75, 3.05) is 0 Å². The number of allylic oxidation sites excluding steroid dienone is 1. The van der Waals surface area contributed by atoms with Gasteiger partial charge in [-0.1, -0.05) is 19.1 Å². The van der Waals surface area contributed by atoms with Crippen LogP contribution < -0.4 is 5.32 Å². The molecule has 0 saturated carbocycles. The smallest absolute Gasteiger partial charge is 0.246 e. The summed E-state index contributed by atoms with van der Waals surface area (Å²) in [5.74, 6) is -0.0318. The number of carbonyl (C=O) groups is 1. The average Bonchev–Trinajstić information content (AvgIpc) is 2.80. The van der Waals surface area contributed by atoms with Crippen LogP contribution >= 0.6 is 0 Å². The van der Waals surface area contributed by atoms with E-state index in [4.69, 9.17) is 0 Å². The summed E-state index contributed by atoms with van der Waals surface area (Å²) in [6.07, 6.45) is 6.69. The molecule has 4 nitrogen and oxygen atoms in total. The van der Waals surface area contributed by atoms with Crippen LogP contribution in [0.1, 0.15) is 31.5 Å². The summed E-state index contributed by atoms with van der Waals surface area (Å²) in [6.45, 7) is 6.32. The predicted octanol–water partition coefficient (Wildman–Crippen LogP) is 2.62. The molecule has 19 heavy (non-hydrogen) atoms. The van der Waals surface area contributed by atoms with Crippen molar-refractivity contribution in [2.24, 2.45) is 0 Å². The number of hydrogen-bond acceptors (Lipinski definition) is 2. The van der Waals surface area contributed by atoms with Crippen molar-refractivity contribution in [2.45, 2.75) is 33.7 Å². The average molecular weight is 257 g/mol. The quantitative estimate of drug-likeness (QED) is 0.856. The first-order valence-electron chi connectivity index (χ1n) is 6.50. The Bertz CT molecular complexity index is 625. The van der Waals surface area contributed by atoms with E-state index < -0.39 is 0 Å². The number of hydrogen-bond donors (Lipinski definition) is 1. The normalized spacial score (nSPS) is 11.8. The molecule has 0 aliphatic heterocycles. The summed E-state index contributed by atoms with van der Waals surface area (Å²) >= 11 is 0. The molecule has 1 amide bonds. The topological polar surface area (TPSA) is 46.4 Å². The van der Waals surface area contributed by atoms with Crippen molar-refractivity contribution in [1.29, 1.82) is 0 Å². The van der Waals surface area contributed by atoms with E-state index >= 15 is 0 Å². The van der Waals surface area contributed by atoms with Gasteiger partial charge >= 0.3 is 0 Å². The summed E-state index contributed by atoms with van der Waals surface area (Å²) in [4.78, 5) is 16.3. The number of pyridine rings is 1. The highest BCUT2D eigenvalue weighted by Crippen LogP contribution is 2.09. The molecular weight excluding hydrogens is 238 g/mol. The maximum atomic E-state index is 11.8. The monoisotopic (exact) mass is 257 g/mol. The molecule has 0 bridgehead atoms. The van der Waals surface area contributed by atoms with Gasteiger partial charge < -0.3 is 9.72 Å². The zero-order valence-electron chi connectivity index (χ0n) is 11.6. The number of nitrogens with zero attached hydrogens (tertiary/aromatic N) is 2. The fourth-order valence-electron chi connectivity index (χ4n) is 2.00. The Morgan fingerprint density at radius 3 is 3.00 bits per heavy atom. The lowest BCUT2D eigenvalue weighted by Gasteiger charge is -2.02. The maximum absolute atomic E-state index is 11.8. The Balaban J connectivity index is 2.08. The molecule has 4 heteroatoms. The molecule has 0 aliphatic rings. The van der Waals surface area contributed by atoms with E-state index in [1.165, 1.54) is 0 Å². The molecule has 0 aliphatic carbocycles. The minimum atomic E-state index is -0.0318. The Hall–Kier alpha value is -2.10. The van der Waals surface area contributed by atoms with Crippen molar-refractivity contribution in [1.82, 2.24) is 14.7 Å². The third-order valence-electron chi connectivity index (χ3n) is 3.03. The van der Waals surface area contributed by atoms with Crippen LogP contribution in [-0.4, -0.2) is 15.3 Å². The van der Waals surface area contributed by atoms with Gasteiger partial charge in [-0.05, 0) is 31.9 Å². The van der Waals surface area contributed by atoms with E-state index in [0.717, 1.165) is 28.9 Å². The first kappa shape index (κ1) is 13.3. The van der Waals surface area contributed by atoms with Gasteiger partial charge in [0.15, 0.2) is 0 Å². The highest BCUT2D eigenvalue weighted by molar-refractivity contribution is 5.92. The van der Waals surface area contributed by atoms with Crippen LogP contribution in [0.15, 0.2) is 36.2 Å². The lowest BCUT2D eigenvalue weighted by molar-refractivity contribution is -0.117. The molecular formula is C15H19N3O. The summed E-state index contributed by atoms with van der Waals surface area (Å²) in [5.41, 5.74) is 3.68. The van der Waals surface area contributed by atoms with Gasteiger partial charge in [0.05, 0.1) is 12.2 Å². The van der Waals surface area contributed by atoms with E-state index in [1.54, 1.807) is 0 Å². The second-order valence-electron chi connectivity index (χ2n) is 4.63. The van der Waals surface area contributed by atoms with Crippen LogP contribution in [0, 0.1) is 6.92 Å². The Morgan fingerprint density at radius 1 is 1.53 bits per heavy atom. The molecule has 1 N–H and O–H groups in total. The molecule has 2 aromatic rings. The highest BCUT2D eigenvalue weighted by atomic mass is 16.1. The van der Waals surface area contributed by atoms with Crippen LogP contribution in [0.3, 0.4) is 0 Å². The zero-order chi connectivity index (χ0) is 13.8. The number of aryl methyl sites for hydroxylation is 1. The lowest BCUT2D eigenvalue weighted by atomic mass is 10.2. The molecule has 0 atom stereocenters. The van der Waals surface area contributed by atoms with Gasteiger partial charge in [0, 0.05) is 18.0 Å². The Morgan fingerprint density at radius 2 is 2.32 bits per heavy atom. The number of rotatable bonds is 4. The van der Waals surface area contributed by atoms with Crippen LogP contribution in [0.5, 0.6) is 0 Å². The van der Waals surface area contributed by atoms with Crippen LogP contribution in [0.25, 0.3) is 5.65 Å². The summed E-state index contributed by atoms with van der Waals surface area (Å²) in [5, 5.41) is 2.88. The zero-order valence-corrected chi connectivity index (χ0v) is 11.6. The molecule has 2 heterocycles.